The third kappa shape index (κ3) is 16.1. The highest BCUT2D eigenvalue weighted by atomic mass is 79.9. The van der Waals surface area contributed by atoms with Gasteiger partial charge >= 0.3 is 0 Å². The minimum absolute atomic E-state index is 0.711. The molecule has 1 atom stereocenters. The lowest BCUT2D eigenvalue weighted by Gasteiger charge is -1.93. The van der Waals surface area contributed by atoms with Crippen molar-refractivity contribution in [3.8, 4) is 0 Å². The topological polar surface area (TPSA) is 0 Å². The first-order valence-corrected chi connectivity index (χ1v) is 4.33. The predicted octanol–water partition coefficient (Wildman–Crippen LogP) is 3.60. The Morgan fingerprint density at radius 1 is 1.38 bits per heavy atom. The molecule has 0 aliphatic heterocycles. The first kappa shape index (κ1) is 11.3. The van der Waals surface area contributed by atoms with E-state index in [1.165, 1.54) is 12.8 Å². The molecule has 1 unspecified atom stereocenters. The van der Waals surface area contributed by atoms with Crippen LogP contribution in [0.2, 0.25) is 0 Å². The molecule has 0 rings (SSSR count). The summed E-state index contributed by atoms with van der Waals surface area (Å²) >= 11 is 3.43. The lowest BCUT2D eigenvalue weighted by Crippen LogP contribution is -1.84. The van der Waals surface area contributed by atoms with Crippen molar-refractivity contribution in [1.29, 1.82) is 0 Å². The van der Waals surface area contributed by atoms with E-state index in [1.54, 1.807) is 0 Å². The average molecular weight is 181 g/mol. The Morgan fingerprint density at radius 3 is 1.75 bits per heavy atom. The molecule has 0 amide bonds. The third-order valence-corrected chi connectivity index (χ3v) is 1.14. The van der Waals surface area contributed by atoms with E-state index in [0.29, 0.717) is 4.83 Å². The molecule has 0 saturated carbocycles. The Bertz CT molecular complexity index is 25.6. The van der Waals surface area contributed by atoms with Gasteiger partial charge in [-0.1, -0.05) is 50.0 Å². The quantitative estimate of drug-likeness (QED) is 0.571. The van der Waals surface area contributed by atoms with Crippen LogP contribution in [0.5, 0.6) is 0 Å². The summed E-state index contributed by atoms with van der Waals surface area (Å²) in [6, 6.07) is 0. The molecule has 0 radical (unpaired) electrons. The Hall–Kier alpha value is 0.480. The minimum Gasteiger partial charge on any atom is -0.0894 e. The van der Waals surface area contributed by atoms with E-state index in [1.807, 2.05) is 13.8 Å². The molecule has 0 aliphatic rings. The van der Waals surface area contributed by atoms with Gasteiger partial charge in [0, 0.05) is 4.83 Å². The molecule has 0 fully saturated rings. The molecule has 0 saturated heterocycles. The second-order valence-corrected chi connectivity index (χ2v) is 3.13. The zero-order valence-corrected chi connectivity index (χ0v) is 7.96. The summed E-state index contributed by atoms with van der Waals surface area (Å²) in [6.45, 7) is 8.36. The number of hydrogen-bond acceptors (Lipinski definition) is 0. The van der Waals surface area contributed by atoms with Crippen molar-refractivity contribution < 1.29 is 0 Å². The van der Waals surface area contributed by atoms with Gasteiger partial charge in [0.15, 0.2) is 0 Å². The normalized spacial score (nSPS) is 11.6. The van der Waals surface area contributed by atoms with E-state index in [9.17, 15) is 0 Å². The molecule has 1 heteroatoms. The smallest absolute Gasteiger partial charge is 0.0117 e. The minimum atomic E-state index is 0.711. The second-order valence-electron chi connectivity index (χ2n) is 1.57. The highest BCUT2D eigenvalue weighted by molar-refractivity contribution is 9.09. The Labute approximate surface area is 61.8 Å². The molecular weight excluding hydrogens is 164 g/mol. The molecule has 52 valence electrons. The zero-order chi connectivity index (χ0) is 6.99. The monoisotopic (exact) mass is 180 g/mol. The lowest BCUT2D eigenvalue weighted by atomic mass is 10.3. The van der Waals surface area contributed by atoms with Gasteiger partial charge in [-0.15, -0.1) is 0 Å². The summed E-state index contributed by atoms with van der Waals surface area (Å²) < 4.78 is 0. The van der Waals surface area contributed by atoms with Crippen molar-refractivity contribution in [3.63, 3.8) is 0 Å². The zero-order valence-electron chi connectivity index (χ0n) is 6.37. The van der Waals surface area contributed by atoms with Crippen molar-refractivity contribution in [2.24, 2.45) is 0 Å². The first-order valence-electron chi connectivity index (χ1n) is 3.41. The molecule has 0 heterocycles. The summed E-state index contributed by atoms with van der Waals surface area (Å²) in [4.78, 5) is 0.711. The van der Waals surface area contributed by atoms with E-state index in [2.05, 4.69) is 29.8 Å². The van der Waals surface area contributed by atoms with E-state index in [-0.39, 0.29) is 0 Å². The maximum atomic E-state index is 3.43. The molecule has 0 nitrogen and oxygen atoms in total. The maximum absolute atomic E-state index is 3.43. The van der Waals surface area contributed by atoms with Crippen LogP contribution in [0, 0.1) is 0 Å². The lowest BCUT2D eigenvalue weighted by molar-refractivity contribution is 0.797. The summed E-state index contributed by atoms with van der Waals surface area (Å²) in [7, 11) is 0. The second kappa shape index (κ2) is 10.5. The molecule has 0 N–H and O–H groups in total. The van der Waals surface area contributed by atoms with Crippen molar-refractivity contribution >= 4 is 15.9 Å². The highest BCUT2D eigenvalue weighted by Crippen LogP contribution is 2.04. The van der Waals surface area contributed by atoms with Crippen LogP contribution in [0.25, 0.3) is 0 Å². The number of alkyl halides is 1. The molecule has 0 aromatic heterocycles. The summed E-state index contributed by atoms with van der Waals surface area (Å²) in [5.41, 5.74) is 0. The standard InChI is InChI=1S/C5H11Br.C2H6/c1-3-4-5(2)6;1-2/h5H,3-4H2,1-2H3;1-2H3. The largest absolute Gasteiger partial charge is 0.0894 e. The van der Waals surface area contributed by atoms with Gasteiger partial charge in [-0.05, 0) is 6.42 Å². The molecule has 0 aromatic carbocycles. The van der Waals surface area contributed by atoms with Crippen molar-refractivity contribution in [2.45, 2.75) is 45.4 Å². The van der Waals surface area contributed by atoms with Crippen LogP contribution in [0.15, 0.2) is 0 Å². The van der Waals surface area contributed by atoms with Gasteiger partial charge in [-0.25, -0.2) is 0 Å². The van der Waals surface area contributed by atoms with Crippen molar-refractivity contribution in [3.05, 3.63) is 0 Å². The molecule has 0 aromatic rings. The number of hydrogen-bond donors (Lipinski definition) is 0. The third-order valence-electron chi connectivity index (χ3n) is 0.686. The number of halogens is 1. The van der Waals surface area contributed by atoms with Crippen LogP contribution in [0.1, 0.15) is 40.5 Å². The van der Waals surface area contributed by atoms with Gasteiger partial charge in [-0.2, -0.15) is 0 Å². The fourth-order valence-electron chi connectivity index (χ4n) is 0.398. The van der Waals surface area contributed by atoms with E-state index >= 15 is 0 Å². The fraction of sp³-hybridized carbons (Fsp3) is 1.00. The predicted molar refractivity (Wildman–Crippen MR) is 44.6 cm³/mol. The highest BCUT2D eigenvalue weighted by Gasteiger charge is 1.87. The summed E-state index contributed by atoms with van der Waals surface area (Å²) in [6.07, 6.45) is 2.58. The van der Waals surface area contributed by atoms with Crippen LogP contribution in [-0.2, 0) is 0 Å². The van der Waals surface area contributed by atoms with Gasteiger partial charge in [-0.3, -0.25) is 0 Å². The van der Waals surface area contributed by atoms with Crippen molar-refractivity contribution in [1.82, 2.24) is 0 Å². The van der Waals surface area contributed by atoms with Crippen molar-refractivity contribution in [2.75, 3.05) is 0 Å². The first-order chi connectivity index (χ1) is 3.77. The Kier molecular flexibility index (Phi) is 14.8. The summed E-state index contributed by atoms with van der Waals surface area (Å²) in [5.74, 6) is 0. The average Bonchev–Trinajstić information content (AvgIpc) is 1.72. The van der Waals surface area contributed by atoms with Gasteiger partial charge in [0.05, 0.1) is 0 Å². The van der Waals surface area contributed by atoms with E-state index in [0.717, 1.165) is 0 Å². The Morgan fingerprint density at radius 2 is 1.75 bits per heavy atom. The van der Waals surface area contributed by atoms with E-state index < -0.39 is 0 Å². The maximum Gasteiger partial charge on any atom is 0.0117 e. The van der Waals surface area contributed by atoms with Crippen LogP contribution in [0.4, 0.5) is 0 Å². The Balaban J connectivity index is 0. The van der Waals surface area contributed by atoms with E-state index in [4.69, 9.17) is 0 Å². The van der Waals surface area contributed by atoms with Crippen LogP contribution in [0.3, 0.4) is 0 Å². The van der Waals surface area contributed by atoms with Crippen LogP contribution >= 0.6 is 15.9 Å². The molecule has 8 heavy (non-hydrogen) atoms. The van der Waals surface area contributed by atoms with Crippen LogP contribution < -0.4 is 0 Å². The van der Waals surface area contributed by atoms with Gasteiger partial charge in [0.2, 0.25) is 0 Å². The molecule has 0 spiro atoms. The SMILES string of the molecule is CC.CCCC(C)Br. The van der Waals surface area contributed by atoms with Gasteiger partial charge in [0.1, 0.15) is 0 Å². The molecule has 0 aliphatic carbocycles. The molecular formula is C7H17Br. The summed E-state index contributed by atoms with van der Waals surface area (Å²) in [5, 5.41) is 0. The van der Waals surface area contributed by atoms with Gasteiger partial charge in [0.25, 0.3) is 0 Å². The molecule has 0 bridgehead atoms. The van der Waals surface area contributed by atoms with Gasteiger partial charge < -0.3 is 0 Å². The fourth-order valence-corrected chi connectivity index (χ4v) is 0.856. The number of rotatable bonds is 2. The van der Waals surface area contributed by atoms with Crippen LogP contribution in [-0.4, -0.2) is 4.83 Å².